The molecule has 2 aromatic rings. The zero-order valence-electron chi connectivity index (χ0n) is 19.1. The Morgan fingerprint density at radius 1 is 1.27 bits per heavy atom. The molecule has 1 saturated carbocycles. The Labute approximate surface area is 192 Å². The summed E-state index contributed by atoms with van der Waals surface area (Å²) in [5.41, 5.74) is 2.24. The van der Waals surface area contributed by atoms with Gasteiger partial charge in [0.05, 0.1) is 0 Å². The van der Waals surface area contributed by atoms with Crippen LogP contribution in [-0.4, -0.2) is 57.5 Å². The quantitative estimate of drug-likeness (QED) is 0.559. The van der Waals surface area contributed by atoms with E-state index in [0.29, 0.717) is 30.7 Å². The van der Waals surface area contributed by atoms with Gasteiger partial charge in [-0.05, 0) is 43.4 Å². The first-order valence-corrected chi connectivity index (χ1v) is 11.7. The van der Waals surface area contributed by atoms with Gasteiger partial charge in [-0.1, -0.05) is 37.5 Å². The van der Waals surface area contributed by atoms with Crippen molar-refractivity contribution in [3.05, 3.63) is 35.2 Å². The molecule has 0 spiro atoms. The van der Waals surface area contributed by atoms with Crippen LogP contribution in [0.2, 0.25) is 0 Å². The van der Waals surface area contributed by atoms with Crippen LogP contribution in [0.1, 0.15) is 79.5 Å². The number of aryl methyl sites for hydroxylation is 1. The van der Waals surface area contributed by atoms with Crippen molar-refractivity contribution in [1.29, 1.82) is 0 Å². The Bertz CT molecular complexity index is 1010. The fraction of sp³-hybridized carbons (Fsp3) is 0.565. The zero-order chi connectivity index (χ0) is 23.4. The number of hydrogen-bond donors (Lipinski definition) is 3. The van der Waals surface area contributed by atoms with E-state index < -0.39 is 6.04 Å². The molecule has 3 amide bonds. The summed E-state index contributed by atoms with van der Waals surface area (Å²) >= 11 is 0. The normalized spacial score (nSPS) is 20.9. The summed E-state index contributed by atoms with van der Waals surface area (Å²) in [6, 6.07) is 4.66. The highest BCUT2D eigenvalue weighted by Gasteiger charge is 2.34. The molecule has 0 bridgehead atoms. The average molecular weight is 454 g/mol. The third-order valence-corrected chi connectivity index (χ3v) is 6.70. The van der Waals surface area contributed by atoms with Gasteiger partial charge in [-0.25, -0.2) is 0 Å². The number of unbranched alkanes of at least 4 members (excludes halogenated alkanes) is 1. The lowest BCUT2D eigenvalue weighted by Gasteiger charge is -2.26. The van der Waals surface area contributed by atoms with E-state index in [4.69, 9.17) is 0 Å². The molecule has 1 aliphatic heterocycles. The van der Waals surface area contributed by atoms with Crippen molar-refractivity contribution in [2.75, 3.05) is 11.9 Å². The summed E-state index contributed by atoms with van der Waals surface area (Å²) in [4.78, 5) is 39.9. The second-order valence-corrected chi connectivity index (χ2v) is 8.89. The molecule has 3 atom stereocenters. The molecule has 0 radical (unpaired) electrons. The van der Waals surface area contributed by atoms with Gasteiger partial charge in [0, 0.05) is 36.7 Å². The number of anilines is 1. The van der Waals surface area contributed by atoms with E-state index in [1.807, 2.05) is 6.07 Å². The molecule has 1 aromatic heterocycles. The van der Waals surface area contributed by atoms with Crippen LogP contribution in [0.15, 0.2) is 18.2 Å². The lowest BCUT2D eigenvalue weighted by atomic mass is 9.99. The smallest absolute Gasteiger partial charge is 0.252 e. The fourth-order valence-electron chi connectivity index (χ4n) is 4.74. The lowest BCUT2D eigenvalue weighted by Crippen LogP contribution is -2.50. The number of carbonyl (C=O) groups is 3. The van der Waals surface area contributed by atoms with Gasteiger partial charge in [-0.15, -0.1) is 10.2 Å². The van der Waals surface area contributed by atoms with E-state index >= 15 is 0 Å². The van der Waals surface area contributed by atoms with Crippen LogP contribution < -0.4 is 15.5 Å². The van der Waals surface area contributed by atoms with Crippen molar-refractivity contribution >= 4 is 23.4 Å². The number of aromatic amines is 1. The van der Waals surface area contributed by atoms with Gasteiger partial charge >= 0.3 is 0 Å². The van der Waals surface area contributed by atoms with Crippen LogP contribution in [0.3, 0.4) is 0 Å². The van der Waals surface area contributed by atoms with Crippen molar-refractivity contribution in [1.82, 2.24) is 31.3 Å². The zero-order valence-corrected chi connectivity index (χ0v) is 19.1. The molecule has 176 valence electrons. The predicted molar refractivity (Wildman–Crippen MR) is 122 cm³/mol. The fourth-order valence-corrected chi connectivity index (χ4v) is 4.74. The SMILES string of the molecule is CCCC[C@H](NC(=O)c1ccc2c(c1)N(C)C(=O)CC2)C(=O)N[C@H]1CCC[C@H]1c1nn[nH]n1. The number of amides is 3. The first kappa shape index (κ1) is 22.9. The maximum absolute atomic E-state index is 13.2. The second kappa shape index (κ2) is 10.1. The maximum atomic E-state index is 13.2. The van der Waals surface area contributed by atoms with Crippen molar-refractivity contribution in [2.45, 2.75) is 76.3 Å². The van der Waals surface area contributed by atoms with E-state index in [2.05, 4.69) is 38.2 Å². The molecule has 0 unspecified atom stereocenters. The van der Waals surface area contributed by atoms with E-state index in [9.17, 15) is 14.4 Å². The van der Waals surface area contributed by atoms with Crippen molar-refractivity contribution in [3.8, 4) is 0 Å². The molecule has 1 fully saturated rings. The molecule has 0 saturated heterocycles. The van der Waals surface area contributed by atoms with E-state index in [1.54, 1.807) is 24.1 Å². The Balaban J connectivity index is 1.45. The molecule has 33 heavy (non-hydrogen) atoms. The van der Waals surface area contributed by atoms with Crippen LogP contribution in [0.25, 0.3) is 0 Å². The number of aromatic nitrogens is 4. The number of rotatable bonds is 8. The second-order valence-electron chi connectivity index (χ2n) is 8.89. The van der Waals surface area contributed by atoms with E-state index in [-0.39, 0.29) is 29.7 Å². The van der Waals surface area contributed by atoms with Gasteiger partial charge in [0.25, 0.3) is 5.91 Å². The minimum absolute atomic E-state index is 0.0175. The molecule has 2 aliphatic rings. The summed E-state index contributed by atoms with van der Waals surface area (Å²) < 4.78 is 0. The lowest BCUT2D eigenvalue weighted by molar-refractivity contribution is -0.124. The summed E-state index contributed by atoms with van der Waals surface area (Å²) in [7, 11) is 1.72. The molecule has 4 rings (SSSR count). The molecule has 10 heteroatoms. The highest BCUT2D eigenvalue weighted by molar-refractivity contribution is 6.01. The van der Waals surface area contributed by atoms with Crippen LogP contribution in [0.5, 0.6) is 0 Å². The third-order valence-electron chi connectivity index (χ3n) is 6.70. The number of fused-ring (bicyclic) bond motifs is 1. The minimum Gasteiger partial charge on any atom is -0.351 e. The van der Waals surface area contributed by atoms with E-state index in [0.717, 1.165) is 43.4 Å². The first-order valence-electron chi connectivity index (χ1n) is 11.7. The molecule has 2 heterocycles. The highest BCUT2D eigenvalue weighted by atomic mass is 16.2. The number of nitrogens with one attached hydrogen (secondary N) is 3. The number of benzene rings is 1. The topological polar surface area (TPSA) is 133 Å². The standard InChI is InChI=1S/C23H31N7O3/c1-3-4-7-18(23(33)24-17-8-5-6-16(17)21-26-28-29-27-21)25-22(32)15-10-9-14-11-12-20(31)30(2)19(14)13-15/h9-10,13,16-18H,3-8,11-12H2,1-2H3,(H,24,33)(H,25,32)(H,26,27,28,29)/t16-,17+,18+/m1/s1. The number of tetrazole rings is 1. The van der Waals surface area contributed by atoms with Gasteiger partial charge in [0.15, 0.2) is 5.82 Å². The number of H-pyrrole nitrogens is 1. The van der Waals surface area contributed by atoms with Crippen molar-refractivity contribution in [3.63, 3.8) is 0 Å². The highest BCUT2D eigenvalue weighted by Crippen LogP contribution is 2.32. The van der Waals surface area contributed by atoms with Crippen molar-refractivity contribution < 1.29 is 14.4 Å². The Hall–Kier alpha value is -3.30. The molecule has 1 aliphatic carbocycles. The number of carbonyl (C=O) groups excluding carboxylic acids is 3. The summed E-state index contributed by atoms with van der Waals surface area (Å²) in [5.74, 6) is 0.153. The van der Waals surface area contributed by atoms with Crippen molar-refractivity contribution in [2.24, 2.45) is 0 Å². The minimum atomic E-state index is -0.639. The Morgan fingerprint density at radius 2 is 2.12 bits per heavy atom. The van der Waals surface area contributed by atoms with Gasteiger partial charge in [0.2, 0.25) is 11.8 Å². The van der Waals surface area contributed by atoms with Gasteiger partial charge in [-0.3, -0.25) is 14.4 Å². The first-order chi connectivity index (χ1) is 16.0. The summed E-state index contributed by atoms with van der Waals surface area (Å²) in [6.07, 6.45) is 6.13. The predicted octanol–water partition coefficient (Wildman–Crippen LogP) is 1.85. The molecular weight excluding hydrogens is 422 g/mol. The van der Waals surface area contributed by atoms with Gasteiger partial charge < -0.3 is 15.5 Å². The third kappa shape index (κ3) is 5.04. The largest absolute Gasteiger partial charge is 0.351 e. The Kier molecular flexibility index (Phi) is 7.00. The molecular formula is C23H31N7O3. The van der Waals surface area contributed by atoms with E-state index in [1.165, 1.54) is 0 Å². The molecule has 1 aromatic carbocycles. The number of hydrogen-bond acceptors (Lipinski definition) is 6. The van der Waals surface area contributed by atoms with Crippen LogP contribution in [-0.2, 0) is 16.0 Å². The maximum Gasteiger partial charge on any atom is 0.252 e. The number of nitrogens with zero attached hydrogens (tertiary/aromatic N) is 4. The van der Waals surface area contributed by atoms with Crippen LogP contribution in [0, 0.1) is 0 Å². The van der Waals surface area contributed by atoms with Gasteiger partial charge in [-0.2, -0.15) is 5.21 Å². The summed E-state index contributed by atoms with van der Waals surface area (Å²) in [5, 5.41) is 20.3. The molecule has 10 nitrogen and oxygen atoms in total. The van der Waals surface area contributed by atoms with Crippen LogP contribution >= 0.6 is 0 Å². The Morgan fingerprint density at radius 3 is 2.88 bits per heavy atom. The van der Waals surface area contributed by atoms with Crippen LogP contribution in [0.4, 0.5) is 5.69 Å². The summed E-state index contributed by atoms with van der Waals surface area (Å²) in [6.45, 7) is 2.05. The van der Waals surface area contributed by atoms with Gasteiger partial charge in [0.1, 0.15) is 6.04 Å². The monoisotopic (exact) mass is 453 g/mol. The molecule has 3 N–H and O–H groups in total. The average Bonchev–Trinajstić information content (AvgIpc) is 3.50.